The van der Waals surface area contributed by atoms with Gasteiger partial charge < -0.3 is 0 Å². The van der Waals surface area contributed by atoms with Gasteiger partial charge in [-0.25, -0.2) is 18.1 Å². The molecule has 0 aromatic carbocycles. The Hall–Kier alpha value is -0.950. The van der Waals surface area contributed by atoms with Gasteiger partial charge in [0.1, 0.15) is 10.0 Å². The highest BCUT2D eigenvalue weighted by Gasteiger charge is 2.14. The van der Waals surface area contributed by atoms with E-state index in [0.29, 0.717) is 0 Å². The van der Waals surface area contributed by atoms with Gasteiger partial charge >= 0.3 is 0 Å². The maximum atomic E-state index is 11.9. The molecule has 0 spiro atoms. The molecule has 0 aliphatic heterocycles. The van der Waals surface area contributed by atoms with Crippen LogP contribution >= 0.6 is 22.9 Å². The van der Waals surface area contributed by atoms with E-state index in [0.717, 1.165) is 9.75 Å². The maximum absolute atomic E-state index is 11.9. The fourth-order valence-corrected chi connectivity index (χ4v) is 3.33. The van der Waals surface area contributed by atoms with Crippen LogP contribution in [-0.4, -0.2) is 13.4 Å². The van der Waals surface area contributed by atoms with Crippen LogP contribution in [0.5, 0.6) is 0 Å². The van der Waals surface area contributed by atoms with Crippen LogP contribution in [0.3, 0.4) is 0 Å². The minimum absolute atomic E-state index is 0.111. The summed E-state index contributed by atoms with van der Waals surface area (Å²) >= 11 is 7.18. The first kappa shape index (κ1) is 13.5. The van der Waals surface area contributed by atoms with Gasteiger partial charge in [-0.3, -0.25) is 0 Å². The molecule has 2 aromatic heterocycles. The summed E-state index contributed by atoms with van der Waals surface area (Å²) in [5, 5.41) is 0.267. The minimum Gasteiger partial charge on any atom is -0.243 e. The zero-order valence-electron chi connectivity index (χ0n) is 9.55. The lowest BCUT2D eigenvalue weighted by Crippen LogP contribution is -2.22. The third-order valence-electron chi connectivity index (χ3n) is 2.24. The summed E-state index contributed by atoms with van der Waals surface area (Å²) in [4.78, 5) is 5.99. The number of rotatable bonds is 4. The largest absolute Gasteiger partial charge is 0.243 e. The molecule has 0 atom stereocenters. The van der Waals surface area contributed by atoms with Crippen molar-refractivity contribution in [2.45, 2.75) is 18.4 Å². The van der Waals surface area contributed by atoms with Crippen molar-refractivity contribution >= 4 is 33.0 Å². The molecule has 0 aliphatic carbocycles. The van der Waals surface area contributed by atoms with Crippen molar-refractivity contribution in [2.75, 3.05) is 0 Å². The van der Waals surface area contributed by atoms with Crippen LogP contribution in [0.15, 0.2) is 35.4 Å². The van der Waals surface area contributed by atoms with Gasteiger partial charge in [-0.2, -0.15) is 0 Å². The summed E-state index contributed by atoms with van der Waals surface area (Å²) in [7, 11) is -3.53. The van der Waals surface area contributed by atoms with E-state index in [1.54, 1.807) is 11.3 Å². The predicted octanol–water partition coefficient (Wildman–Crippen LogP) is 2.58. The Morgan fingerprint density at radius 3 is 2.67 bits per heavy atom. The Balaban J connectivity index is 2.10. The number of nitrogens with one attached hydrogen (secondary N) is 1. The van der Waals surface area contributed by atoms with Crippen LogP contribution in [0, 0.1) is 6.92 Å². The smallest absolute Gasteiger partial charge is 0.242 e. The van der Waals surface area contributed by atoms with Gasteiger partial charge in [0, 0.05) is 22.5 Å². The number of hydrogen-bond donors (Lipinski definition) is 1. The van der Waals surface area contributed by atoms with Crippen LogP contribution in [0.2, 0.25) is 5.15 Å². The van der Waals surface area contributed by atoms with Gasteiger partial charge in [0.05, 0.1) is 0 Å². The second kappa shape index (κ2) is 5.36. The number of pyridine rings is 1. The van der Waals surface area contributed by atoms with E-state index in [9.17, 15) is 8.42 Å². The molecule has 0 saturated heterocycles. The molecule has 0 radical (unpaired) electrons. The van der Waals surface area contributed by atoms with Gasteiger partial charge in [-0.05, 0) is 31.2 Å². The fraction of sp³-hybridized carbons (Fsp3) is 0.182. The maximum Gasteiger partial charge on any atom is 0.242 e. The molecule has 4 nitrogen and oxygen atoms in total. The monoisotopic (exact) mass is 302 g/mol. The molecular formula is C11H11ClN2O2S2. The number of nitrogens with zero attached hydrogens (tertiary/aromatic N) is 1. The lowest BCUT2D eigenvalue weighted by Gasteiger charge is -2.05. The van der Waals surface area contributed by atoms with E-state index >= 15 is 0 Å². The third kappa shape index (κ3) is 3.29. The highest BCUT2D eigenvalue weighted by atomic mass is 35.5. The third-order valence-corrected chi connectivity index (χ3v) is 4.85. The average molecular weight is 303 g/mol. The van der Waals surface area contributed by atoms with E-state index in [4.69, 9.17) is 11.6 Å². The molecule has 2 rings (SSSR count). The zero-order chi connectivity index (χ0) is 13.2. The first-order chi connectivity index (χ1) is 8.47. The quantitative estimate of drug-likeness (QED) is 0.883. The van der Waals surface area contributed by atoms with Crippen LogP contribution in [0.4, 0.5) is 0 Å². The van der Waals surface area contributed by atoms with E-state index in [2.05, 4.69) is 9.71 Å². The molecule has 2 aromatic rings. The summed E-state index contributed by atoms with van der Waals surface area (Å²) in [6.07, 6.45) is 1.24. The van der Waals surface area contributed by atoms with Crippen molar-refractivity contribution in [1.82, 2.24) is 9.71 Å². The second-order valence-electron chi connectivity index (χ2n) is 3.65. The van der Waals surface area contributed by atoms with Gasteiger partial charge in [-0.15, -0.1) is 11.3 Å². The average Bonchev–Trinajstić information content (AvgIpc) is 2.73. The van der Waals surface area contributed by atoms with Crippen LogP contribution < -0.4 is 4.72 Å². The van der Waals surface area contributed by atoms with Gasteiger partial charge in [-0.1, -0.05) is 11.6 Å². The summed E-state index contributed by atoms with van der Waals surface area (Å²) < 4.78 is 26.4. The van der Waals surface area contributed by atoms with Crippen molar-refractivity contribution < 1.29 is 8.42 Å². The Morgan fingerprint density at radius 2 is 2.11 bits per heavy atom. The number of sulfonamides is 1. The summed E-state index contributed by atoms with van der Waals surface area (Å²) in [6, 6.07) is 6.74. The lowest BCUT2D eigenvalue weighted by atomic mass is 10.4. The molecule has 0 unspecified atom stereocenters. The Bertz CT molecular complexity index is 635. The molecule has 0 amide bonds. The van der Waals surface area contributed by atoms with E-state index in [1.807, 2.05) is 19.1 Å². The Morgan fingerprint density at radius 1 is 1.33 bits per heavy atom. The van der Waals surface area contributed by atoms with E-state index in [1.165, 1.54) is 18.3 Å². The normalized spacial score (nSPS) is 11.7. The Labute approximate surface area is 115 Å². The predicted molar refractivity (Wildman–Crippen MR) is 72.3 cm³/mol. The summed E-state index contributed by atoms with van der Waals surface area (Å²) in [5.74, 6) is 0. The summed E-state index contributed by atoms with van der Waals surface area (Å²) in [6.45, 7) is 2.26. The molecule has 0 bridgehead atoms. The number of thiophene rings is 1. The topological polar surface area (TPSA) is 59.1 Å². The minimum atomic E-state index is -3.53. The van der Waals surface area contributed by atoms with Gasteiger partial charge in [0.15, 0.2) is 0 Å². The van der Waals surface area contributed by atoms with E-state index < -0.39 is 10.0 Å². The highest BCUT2D eigenvalue weighted by molar-refractivity contribution is 7.89. The Kier molecular flexibility index (Phi) is 4.01. The van der Waals surface area contributed by atoms with Gasteiger partial charge in [0.2, 0.25) is 10.0 Å². The standard InChI is InChI=1S/C11H11ClN2O2S2/c1-8-2-3-9(17-8)6-14-18(15,16)10-4-5-11(12)13-7-10/h2-5,7,14H,6H2,1H3. The van der Waals surface area contributed by atoms with Crippen LogP contribution in [-0.2, 0) is 16.6 Å². The highest BCUT2D eigenvalue weighted by Crippen LogP contribution is 2.16. The second-order valence-corrected chi connectivity index (χ2v) is 7.18. The zero-order valence-corrected chi connectivity index (χ0v) is 11.9. The molecule has 0 aliphatic rings. The first-order valence-corrected chi connectivity index (χ1v) is 7.82. The van der Waals surface area contributed by atoms with Crippen LogP contribution in [0.1, 0.15) is 9.75 Å². The molecule has 1 N–H and O–H groups in total. The van der Waals surface area contributed by atoms with Crippen molar-refractivity contribution in [3.63, 3.8) is 0 Å². The number of aromatic nitrogens is 1. The SMILES string of the molecule is Cc1ccc(CNS(=O)(=O)c2ccc(Cl)nc2)s1. The van der Waals surface area contributed by atoms with E-state index in [-0.39, 0.29) is 16.6 Å². The van der Waals surface area contributed by atoms with Crippen molar-refractivity contribution in [3.05, 3.63) is 45.4 Å². The van der Waals surface area contributed by atoms with Gasteiger partial charge in [0.25, 0.3) is 0 Å². The number of halogens is 1. The first-order valence-electron chi connectivity index (χ1n) is 5.14. The molecule has 0 saturated carbocycles. The van der Waals surface area contributed by atoms with Crippen molar-refractivity contribution in [2.24, 2.45) is 0 Å². The molecule has 18 heavy (non-hydrogen) atoms. The molecule has 7 heteroatoms. The number of aryl methyl sites for hydroxylation is 1. The lowest BCUT2D eigenvalue weighted by molar-refractivity contribution is 0.581. The molecule has 0 fully saturated rings. The fourth-order valence-electron chi connectivity index (χ4n) is 1.35. The van der Waals surface area contributed by atoms with Crippen molar-refractivity contribution in [3.8, 4) is 0 Å². The number of hydrogen-bond acceptors (Lipinski definition) is 4. The molecule has 2 heterocycles. The van der Waals surface area contributed by atoms with Crippen molar-refractivity contribution in [1.29, 1.82) is 0 Å². The molecule has 96 valence electrons. The molecular weight excluding hydrogens is 292 g/mol. The summed E-state index contributed by atoms with van der Waals surface area (Å²) in [5.41, 5.74) is 0. The van der Waals surface area contributed by atoms with Crippen LogP contribution in [0.25, 0.3) is 0 Å².